The van der Waals surface area contributed by atoms with Crippen LogP contribution in [0.25, 0.3) is 0 Å². The van der Waals surface area contributed by atoms with Gasteiger partial charge < -0.3 is 10.5 Å². The van der Waals surface area contributed by atoms with Gasteiger partial charge in [0, 0.05) is 6.20 Å². The highest BCUT2D eigenvalue weighted by Gasteiger charge is 2.08. The molecule has 2 rings (SSSR count). The van der Waals surface area contributed by atoms with Crippen molar-refractivity contribution in [3.05, 3.63) is 53.9 Å². The molecule has 1 aromatic carbocycles. The maximum absolute atomic E-state index is 6.16. The van der Waals surface area contributed by atoms with Crippen LogP contribution < -0.4 is 10.5 Å². The van der Waals surface area contributed by atoms with E-state index < -0.39 is 0 Å². The smallest absolute Gasteiger partial charge is 0.119 e. The van der Waals surface area contributed by atoms with Crippen molar-refractivity contribution in [1.82, 2.24) is 10.2 Å². The van der Waals surface area contributed by atoms with Crippen LogP contribution in [0.3, 0.4) is 0 Å². The molecule has 4 heteroatoms. The van der Waals surface area contributed by atoms with Gasteiger partial charge in [0.2, 0.25) is 0 Å². The van der Waals surface area contributed by atoms with Crippen LogP contribution >= 0.6 is 0 Å². The zero-order chi connectivity index (χ0) is 12.8. The number of benzene rings is 1. The van der Waals surface area contributed by atoms with E-state index in [2.05, 4.69) is 17.1 Å². The van der Waals surface area contributed by atoms with E-state index in [4.69, 9.17) is 10.5 Å². The largest absolute Gasteiger partial charge is 0.494 e. The third-order valence-electron chi connectivity index (χ3n) is 2.68. The first-order valence-electron chi connectivity index (χ1n) is 6.06. The predicted octanol–water partition coefficient (Wildman–Crippen LogP) is 2.31. The van der Waals surface area contributed by atoms with Crippen molar-refractivity contribution in [2.45, 2.75) is 19.4 Å². The number of rotatable bonds is 5. The van der Waals surface area contributed by atoms with E-state index >= 15 is 0 Å². The van der Waals surface area contributed by atoms with Gasteiger partial charge in [-0.2, -0.15) is 10.2 Å². The van der Waals surface area contributed by atoms with Crippen LogP contribution in [0.2, 0.25) is 0 Å². The third kappa shape index (κ3) is 3.05. The number of hydrogen-bond donors (Lipinski definition) is 1. The van der Waals surface area contributed by atoms with Crippen molar-refractivity contribution in [2.24, 2.45) is 5.73 Å². The van der Waals surface area contributed by atoms with Crippen LogP contribution in [0.15, 0.2) is 42.7 Å². The van der Waals surface area contributed by atoms with E-state index in [-0.39, 0.29) is 6.04 Å². The van der Waals surface area contributed by atoms with Gasteiger partial charge in [-0.15, -0.1) is 0 Å². The number of aromatic nitrogens is 2. The highest BCUT2D eigenvalue weighted by Crippen LogP contribution is 2.21. The van der Waals surface area contributed by atoms with Gasteiger partial charge in [-0.3, -0.25) is 0 Å². The van der Waals surface area contributed by atoms with E-state index in [1.54, 1.807) is 12.4 Å². The lowest BCUT2D eigenvalue weighted by atomic mass is 10.0. The van der Waals surface area contributed by atoms with Crippen molar-refractivity contribution in [3.63, 3.8) is 0 Å². The second-order valence-electron chi connectivity index (χ2n) is 4.07. The normalized spacial score (nSPS) is 12.1. The fourth-order valence-corrected chi connectivity index (χ4v) is 1.67. The molecule has 1 atom stereocenters. The average Bonchev–Trinajstić information content (AvgIpc) is 2.46. The van der Waals surface area contributed by atoms with Crippen molar-refractivity contribution in [2.75, 3.05) is 6.61 Å². The molecule has 0 radical (unpaired) electrons. The number of nitrogens with two attached hydrogens (primary N) is 1. The monoisotopic (exact) mass is 243 g/mol. The first-order chi connectivity index (χ1) is 8.81. The summed E-state index contributed by atoms with van der Waals surface area (Å²) in [4.78, 5) is 0. The number of nitrogens with zero attached hydrogens (tertiary/aromatic N) is 2. The quantitative estimate of drug-likeness (QED) is 0.875. The Morgan fingerprint density at radius 3 is 2.50 bits per heavy atom. The number of ether oxygens (including phenoxy) is 1. The van der Waals surface area contributed by atoms with Crippen molar-refractivity contribution >= 4 is 0 Å². The van der Waals surface area contributed by atoms with E-state index in [1.165, 1.54) is 0 Å². The van der Waals surface area contributed by atoms with Crippen molar-refractivity contribution in [3.8, 4) is 5.75 Å². The molecule has 1 unspecified atom stereocenters. The molecule has 0 saturated carbocycles. The summed E-state index contributed by atoms with van der Waals surface area (Å²) in [7, 11) is 0. The lowest BCUT2D eigenvalue weighted by Crippen LogP contribution is -2.12. The first kappa shape index (κ1) is 12.5. The molecule has 18 heavy (non-hydrogen) atoms. The zero-order valence-electron chi connectivity index (χ0n) is 10.4. The van der Waals surface area contributed by atoms with Gasteiger partial charge >= 0.3 is 0 Å². The summed E-state index contributed by atoms with van der Waals surface area (Å²) in [5.41, 5.74) is 8.14. The standard InChI is InChI=1S/C14H17N3O/c1-2-9-18-13-5-3-11(4-6-13)14(15)12-7-8-16-17-10-12/h3-8,10,14H,2,9,15H2,1H3. The van der Waals surface area contributed by atoms with Crippen LogP contribution in [-0.2, 0) is 0 Å². The highest BCUT2D eigenvalue weighted by molar-refractivity contribution is 5.33. The fourth-order valence-electron chi connectivity index (χ4n) is 1.67. The molecule has 1 aromatic heterocycles. The molecule has 0 bridgehead atoms. The van der Waals surface area contributed by atoms with Gasteiger partial charge in [-0.05, 0) is 35.7 Å². The Bertz CT molecular complexity index is 470. The molecule has 0 aliphatic heterocycles. The Morgan fingerprint density at radius 1 is 1.11 bits per heavy atom. The van der Waals surface area contributed by atoms with Crippen LogP contribution in [-0.4, -0.2) is 16.8 Å². The third-order valence-corrected chi connectivity index (χ3v) is 2.68. The summed E-state index contributed by atoms with van der Waals surface area (Å²) in [6.45, 7) is 2.82. The minimum absolute atomic E-state index is 0.180. The predicted molar refractivity (Wildman–Crippen MR) is 70.3 cm³/mol. The van der Waals surface area contributed by atoms with E-state index in [0.29, 0.717) is 0 Å². The molecule has 1 heterocycles. The van der Waals surface area contributed by atoms with E-state index in [9.17, 15) is 0 Å². The molecule has 4 nitrogen and oxygen atoms in total. The Labute approximate surface area is 107 Å². The topological polar surface area (TPSA) is 61.0 Å². The number of hydrogen-bond acceptors (Lipinski definition) is 4. The minimum Gasteiger partial charge on any atom is -0.494 e. The summed E-state index contributed by atoms with van der Waals surface area (Å²) >= 11 is 0. The summed E-state index contributed by atoms with van der Waals surface area (Å²) in [6, 6.07) is 9.55. The SMILES string of the molecule is CCCOc1ccc(C(N)c2ccnnc2)cc1. The van der Waals surface area contributed by atoms with Crippen molar-refractivity contribution in [1.29, 1.82) is 0 Å². The van der Waals surface area contributed by atoms with Crippen LogP contribution in [0, 0.1) is 0 Å². The molecule has 0 aliphatic rings. The second-order valence-corrected chi connectivity index (χ2v) is 4.07. The molecular formula is C14H17N3O. The van der Waals surface area contributed by atoms with Crippen LogP contribution in [0.5, 0.6) is 5.75 Å². The second kappa shape index (κ2) is 6.12. The minimum atomic E-state index is -0.180. The van der Waals surface area contributed by atoms with Gasteiger partial charge in [0.25, 0.3) is 0 Å². The van der Waals surface area contributed by atoms with Gasteiger partial charge in [0.15, 0.2) is 0 Å². The lowest BCUT2D eigenvalue weighted by molar-refractivity contribution is 0.317. The van der Waals surface area contributed by atoms with E-state index in [1.807, 2.05) is 30.3 Å². The maximum Gasteiger partial charge on any atom is 0.119 e. The first-order valence-corrected chi connectivity index (χ1v) is 6.06. The Morgan fingerprint density at radius 2 is 1.89 bits per heavy atom. The summed E-state index contributed by atoms with van der Waals surface area (Å²) < 4.78 is 5.53. The Balaban J connectivity index is 2.09. The summed E-state index contributed by atoms with van der Waals surface area (Å²) in [6.07, 6.45) is 4.34. The van der Waals surface area contributed by atoms with Gasteiger partial charge in [0.05, 0.1) is 18.8 Å². The fraction of sp³-hybridized carbons (Fsp3) is 0.286. The molecular weight excluding hydrogens is 226 g/mol. The molecule has 0 amide bonds. The van der Waals surface area contributed by atoms with E-state index in [0.717, 1.165) is 29.9 Å². The maximum atomic E-state index is 6.16. The molecule has 0 aliphatic carbocycles. The lowest BCUT2D eigenvalue weighted by Gasteiger charge is -2.12. The summed E-state index contributed by atoms with van der Waals surface area (Å²) in [5, 5.41) is 7.58. The Hall–Kier alpha value is -1.94. The molecule has 2 aromatic rings. The van der Waals surface area contributed by atoms with Gasteiger partial charge in [0.1, 0.15) is 5.75 Å². The average molecular weight is 243 g/mol. The molecule has 2 N–H and O–H groups in total. The molecule has 0 spiro atoms. The Kier molecular flexibility index (Phi) is 4.25. The van der Waals surface area contributed by atoms with Crippen LogP contribution in [0.4, 0.5) is 0 Å². The van der Waals surface area contributed by atoms with Gasteiger partial charge in [-0.1, -0.05) is 19.1 Å². The summed E-state index contributed by atoms with van der Waals surface area (Å²) in [5.74, 6) is 0.876. The zero-order valence-corrected chi connectivity index (χ0v) is 10.4. The van der Waals surface area contributed by atoms with Crippen LogP contribution in [0.1, 0.15) is 30.5 Å². The van der Waals surface area contributed by atoms with Crippen molar-refractivity contribution < 1.29 is 4.74 Å². The molecule has 94 valence electrons. The molecule has 0 saturated heterocycles. The van der Waals surface area contributed by atoms with Gasteiger partial charge in [-0.25, -0.2) is 0 Å². The highest BCUT2D eigenvalue weighted by atomic mass is 16.5. The molecule has 0 fully saturated rings.